The van der Waals surface area contributed by atoms with E-state index in [0.29, 0.717) is 36.4 Å². The van der Waals surface area contributed by atoms with E-state index in [1.165, 1.54) is 10.4 Å². The highest BCUT2D eigenvalue weighted by atomic mass is 32.2. The predicted molar refractivity (Wildman–Crippen MR) is 126 cm³/mol. The highest BCUT2D eigenvalue weighted by molar-refractivity contribution is 7.89. The fraction of sp³-hybridized carbons (Fsp3) is 0.500. The Labute approximate surface area is 200 Å². The van der Waals surface area contributed by atoms with Crippen molar-refractivity contribution in [2.75, 3.05) is 32.0 Å². The van der Waals surface area contributed by atoms with Crippen LogP contribution in [0.3, 0.4) is 0 Å². The van der Waals surface area contributed by atoms with Crippen LogP contribution in [0.25, 0.3) is 0 Å². The third-order valence-electron chi connectivity index (χ3n) is 6.50. The number of ether oxygens (including phenoxy) is 1. The number of sulfonamides is 1. The molecule has 0 saturated carbocycles. The summed E-state index contributed by atoms with van der Waals surface area (Å²) in [5.41, 5.74) is 1.01. The first-order valence-electron chi connectivity index (χ1n) is 11.6. The van der Waals surface area contributed by atoms with Crippen LogP contribution in [0.4, 0.5) is 5.69 Å². The van der Waals surface area contributed by atoms with Gasteiger partial charge < -0.3 is 19.4 Å². The minimum absolute atomic E-state index is 0.0552. The Hall–Kier alpha value is -2.85. The van der Waals surface area contributed by atoms with Gasteiger partial charge in [-0.3, -0.25) is 9.59 Å². The van der Waals surface area contributed by atoms with Crippen LogP contribution in [0, 0.1) is 12.8 Å². The van der Waals surface area contributed by atoms with Gasteiger partial charge in [0.05, 0.1) is 16.8 Å². The normalized spacial score (nSPS) is 19.3. The van der Waals surface area contributed by atoms with Gasteiger partial charge in [-0.15, -0.1) is 0 Å². The number of furan rings is 1. The van der Waals surface area contributed by atoms with Crippen LogP contribution >= 0.6 is 0 Å². The molecule has 2 aliphatic heterocycles. The molecule has 1 saturated heterocycles. The van der Waals surface area contributed by atoms with Crippen molar-refractivity contribution in [2.24, 2.45) is 5.92 Å². The van der Waals surface area contributed by atoms with E-state index in [2.05, 4.69) is 5.32 Å². The number of nitrogens with one attached hydrogen (secondary N) is 1. The molecule has 1 atom stereocenters. The number of anilines is 1. The second kappa shape index (κ2) is 9.79. The van der Waals surface area contributed by atoms with Gasteiger partial charge in [0.15, 0.2) is 6.10 Å². The van der Waals surface area contributed by atoms with Crippen molar-refractivity contribution in [1.29, 1.82) is 0 Å². The van der Waals surface area contributed by atoms with Crippen LogP contribution in [0.2, 0.25) is 0 Å². The van der Waals surface area contributed by atoms with E-state index in [-0.39, 0.29) is 35.7 Å². The van der Waals surface area contributed by atoms with Gasteiger partial charge >= 0.3 is 0 Å². The quantitative estimate of drug-likeness (QED) is 0.641. The molecule has 1 aromatic carbocycles. The lowest BCUT2D eigenvalue weighted by Crippen LogP contribution is -2.43. The average Bonchev–Trinajstić information content (AvgIpc) is 3.33. The second-order valence-corrected chi connectivity index (χ2v) is 10.9. The first-order valence-corrected chi connectivity index (χ1v) is 13.0. The number of hydrogen-bond acceptors (Lipinski definition) is 6. The van der Waals surface area contributed by atoms with Crippen molar-refractivity contribution >= 4 is 27.5 Å². The molecule has 1 aromatic heterocycles. The number of carbonyl (C=O) groups is 2. The molecule has 0 spiro atoms. The van der Waals surface area contributed by atoms with Crippen LogP contribution < -0.4 is 10.1 Å². The molecule has 1 fully saturated rings. The van der Waals surface area contributed by atoms with Gasteiger partial charge in [-0.25, -0.2) is 8.42 Å². The standard InChI is InChI=1S/C24H31N3O6S/c1-16-14-20-21(33-17(2)23(28)25-20)15-22(16)34(30,31)27-11-8-18(9-12-27)24(29)26(3)10-4-6-19-7-5-13-32-19/h5,7,13-15,17-18H,4,6,8-12H2,1-3H3,(H,25,28)/t17-/m0/s1. The number of aryl methyl sites for hydroxylation is 2. The van der Waals surface area contributed by atoms with Crippen molar-refractivity contribution in [3.8, 4) is 5.75 Å². The molecule has 2 aromatic rings. The Morgan fingerprint density at radius 3 is 2.68 bits per heavy atom. The molecule has 2 aliphatic rings. The van der Waals surface area contributed by atoms with Crippen molar-refractivity contribution in [3.63, 3.8) is 0 Å². The topological polar surface area (TPSA) is 109 Å². The molecular formula is C24H31N3O6S. The lowest BCUT2D eigenvalue weighted by atomic mass is 9.96. The highest BCUT2D eigenvalue weighted by Gasteiger charge is 2.35. The summed E-state index contributed by atoms with van der Waals surface area (Å²) in [5, 5.41) is 2.74. The van der Waals surface area contributed by atoms with Gasteiger partial charge in [-0.2, -0.15) is 4.31 Å². The fourth-order valence-electron chi connectivity index (χ4n) is 4.47. The molecule has 184 valence electrons. The molecule has 3 heterocycles. The van der Waals surface area contributed by atoms with E-state index in [4.69, 9.17) is 9.15 Å². The van der Waals surface area contributed by atoms with E-state index in [0.717, 1.165) is 18.6 Å². The summed E-state index contributed by atoms with van der Waals surface area (Å²) < 4.78 is 39.1. The van der Waals surface area contributed by atoms with Gasteiger partial charge in [0.2, 0.25) is 15.9 Å². The van der Waals surface area contributed by atoms with Gasteiger partial charge in [-0.05, 0) is 56.9 Å². The van der Waals surface area contributed by atoms with Gasteiger partial charge in [0, 0.05) is 45.1 Å². The van der Waals surface area contributed by atoms with E-state index < -0.39 is 16.1 Å². The zero-order valence-electron chi connectivity index (χ0n) is 19.7. The van der Waals surface area contributed by atoms with Crippen LogP contribution in [-0.2, 0) is 26.0 Å². The molecule has 1 N–H and O–H groups in total. The monoisotopic (exact) mass is 489 g/mol. The number of fused-ring (bicyclic) bond motifs is 1. The van der Waals surface area contributed by atoms with Crippen LogP contribution in [0.1, 0.15) is 37.5 Å². The van der Waals surface area contributed by atoms with Gasteiger partial charge in [-0.1, -0.05) is 0 Å². The Kier molecular flexibility index (Phi) is 6.99. The van der Waals surface area contributed by atoms with E-state index >= 15 is 0 Å². The second-order valence-electron chi connectivity index (χ2n) is 8.98. The number of benzene rings is 1. The Bertz CT molecular complexity index is 1150. The first kappa shape index (κ1) is 24.3. The van der Waals surface area contributed by atoms with Gasteiger partial charge in [0.1, 0.15) is 11.5 Å². The lowest BCUT2D eigenvalue weighted by Gasteiger charge is -2.33. The highest BCUT2D eigenvalue weighted by Crippen LogP contribution is 2.36. The summed E-state index contributed by atoms with van der Waals surface area (Å²) in [6.07, 6.45) is 3.49. The number of nitrogens with zero attached hydrogens (tertiary/aromatic N) is 2. The fourth-order valence-corrected chi connectivity index (χ4v) is 6.16. The molecule has 0 radical (unpaired) electrons. The summed E-state index contributed by atoms with van der Waals surface area (Å²) in [6, 6.07) is 6.88. The summed E-state index contributed by atoms with van der Waals surface area (Å²) >= 11 is 0. The molecule has 9 nitrogen and oxygen atoms in total. The van der Waals surface area contributed by atoms with Crippen molar-refractivity contribution in [2.45, 2.75) is 50.5 Å². The number of piperidine rings is 1. The summed E-state index contributed by atoms with van der Waals surface area (Å²) in [4.78, 5) is 26.6. The maximum atomic E-state index is 13.4. The van der Waals surface area contributed by atoms with E-state index in [1.54, 1.807) is 38.1 Å². The smallest absolute Gasteiger partial charge is 0.265 e. The van der Waals surface area contributed by atoms with Crippen molar-refractivity contribution in [3.05, 3.63) is 41.9 Å². The third-order valence-corrected chi connectivity index (χ3v) is 8.54. The van der Waals surface area contributed by atoms with Crippen LogP contribution in [-0.4, -0.2) is 62.2 Å². The molecule has 10 heteroatoms. The van der Waals surface area contributed by atoms with E-state index in [9.17, 15) is 18.0 Å². The molecule has 4 rings (SSSR count). The molecule has 0 aliphatic carbocycles. The molecule has 2 amide bonds. The third kappa shape index (κ3) is 4.97. The Morgan fingerprint density at radius 1 is 1.26 bits per heavy atom. The predicted octanol–water partition coefficient (Wildman–Crippen LogP) is 2.80. The number of amides is 2. The average molecular weight is 490 g/mol. The largest absolute Gasteiger partial charge is 0.479 e. The lowest BCUT2D eigenvalue weighted by molar-refractivity contribution is -0.135. The van der Waals surface area contributed by atoms with Crippen molar-refractivity contribution in [1.82, 2.24) is 9.21 Å². The molecule has 34 heavy (non-hydrogen) atoms. The molecular weight excluding hydrogens is 458 g/mol. The first-order chi connectivity index (χ1) is 16.2. The molecule has 0 unspecified atom stereocenters. The summed E-state index contributed by atoms with van der Waals surface area (Å²) in [5.74, 6) is 0.848. The summed E-state index contributed by atoms with van der Waals surface area (Å²) in [7, 11) is -1.97. The Morgan fingerprint density at radius 2 is 2.00 bits per heavy atom. The minimum atomic E-state index is -3.76. The molecule has 0 bridgehead atoms. The van der Waals surface area contributed by atoms with Gasteiger partial charge in [0.25, 0.3) is 5.91 Å². The SMILES string of the molecule is Cc1cc2c(cc1S(=O)(=O)N1CCC(C(=O)N(C)CCCc3ccco3)CC1)O[C@@H](C)C(=O)N2. The zero-order valence-corrected chi connectivity index (χ0v) is 20.6. The maximum absolute atomic E-state index is 13.4. The van der Waals surface area contributed by atoms with E-state index in [1.807, 2.05) is 12.1 Å². The maximum Gasteiger partial charge on any atom is 0.265 e. The number of carbonyl (C=O) groups excluding carboxylic acids is 2. The van der Waals surface area contributed by atoms with Crippen LogP contribution in [0.15, 0.2) is 39.8 Å². The minimum Gasteiger partial charge on any atom is -0.479 e. The zero-order chi connectivity index (χ0) is 24.5. The Balaban J connectivity index is 1.36. The summed E-state index contributed by atoms with van der Waals surface area (Å²) in [6.45, 7) is 4.50. The number of hydrogen-bond donors (Lipinski definition) is 1. The van der Waals surface area contributed by atoms with Crippen LogP contribution in [0.5, 0.6) is 5.75 Å². The number of rotatable bonds is 7. The van der Waals surface area contributed by atoms with Crippen molar-refractivity contribution < 1.29 is 27.2 Å².